The topological polar surface area (TPSA) is 57.6 Å². The third-order valence-electron chi connectivity index (χ3n) is 4.11. The van der Waals surface area contributed by atoms with Gasteiger partial charge in [-0.1, -0.05) is 32.8 Å². The highest BCUT2D eigenvalue weighted by atomic mass is 16.4. The molecule has 1 amide bonds. The number of nitrogens with zero attached hydrogens (tertiary/aromatic N) is 1. The van der Waals surface area contributed by atoms with Gasteiger partial charge >= 0.3 is 5.97 Å². The van der Waals surface area contributed by atoms with E-state index in [0.717, 1.165) is 36.8 Å². The van der Waals surface area contributed by atoms with Crippen molar-refractivity contribution in [3.05, 3.63) is 34.9 Å². The van der Waals surface area contributed by atoms with Crippen LogP contribution >= 0.6 is 0 Å². The number of hydrogen-bond donors (Lipinski definition) is 1. The second-order valence-electron chi connectivity index (χ2n) is 5.76. The van der Waals surface area contributed by atoms with E-state index in [9.17, 15) is 9.59 Å². The van der Waals surface area contributed by atoms with Gasteiger partial charge in [0, 0.05) is 19.0 Å². The molecule has 1 aromatic rings. The molecular formula is C17H23NO3. The first kappa shape index (κ1) is 15.5. The molecule has 0 saturated heterocycles. The Balaban J connectivity index is 2.11. The lowest BCUT2D eigenvalue weighted by atomic mass is 9.97. The lowest BCUT2D eigenvalue weighted by Gasteiger charge is -2.22. The molecule has 1 heterocycles. The van der Waals surface area contributed by atoms with E-state index < -0.39 is 5.97 Å². The van der Waals surface area contributed by atoms with E-state index in [1.54, 1.807) is 12.1 Å². The highest BCUT2D eigenvalue weighted by molar-refractivity contribution is 5.88. The highest BCUT2D eigenvalue weighted by Crippen LogP contribution is 2.27. The van der Waals surface area contributed by atoms with E-state index in [0.29, 0.717) is 18.7 Å². The lowest BCUT2D eigenvalue weighted by molar-refractivity contribution is -0.136. The van der Waals surface area contributed by atoms with Crippen molar-refractivity contribution in [1.29, 1.82) is 0 Å². The van der Waals surface area contributed by atoms with E-state index in [-0.39, 0.29) is 11.8 Å². The van der Waals surface area contributed by atoms with Crippen molar-refractivity contribution in [2.24, 2.45) is 5.92 Å². The quantitative estimate of drug-likeness (QED) is 0.872. The molecular weight excluding hydrogens is 266 g/mol. The number of fused-ring (bicyclic) bond motifs is 1. The van der Waals surface area contributed by atoms with Gasteiger partial charge in [-0.15, -0.1) is 0 Å². The predicted molar refractivity (Wildman–Crippen MR) is 81.0 cm³/mol. The van der Waals surface area contributed by atoms with Gasteiger partial charge in [0.15, 0.2) is 0 Å². The summed E-state index contributed by atoms with van der Waals surface area (Å²) >= 11 is 0. The number of carboxylic acid groups (broad SMARTS) is 1. The number of benzene rings is 1. The molecule has 0 aromatic heterocycles. The minimum absolute atomic E-state index is 0.105. The summed E-state index contributed by atoms with van der Waals surface area (Å²) in [7, 11) is 0. The second kappa shape index (κ2) is 6.74. The Morgan fingerprint density at radius 1 is 1.14 bits per heavy atom. The van der Waals surface area contributed by atoms with Crippen LogP contribution in [0.1, 0.15) is 61.0 Å². The monoisotopic (exact) mass is 289 g/mol. The summed E-state index contributed by atoms with van der Waals surface area (Å²) in [5.41, 5.74) is 2.33. The zero-order valence-electron chi connectivity index (χ0n) is 12.8. The van der Waals surface area contributed by atoms with Gasteiger partial charge in [-0.2, -0.15) is 0 Å². The SMILES string of the molecule is CCCC(CCC)C(=O)N1Cc2ccc(C(=O)O)cc2C1. The molecule has 0 saturated carbocycles. The lowest BCUT2D eigenvalue weighted by Crippen LogP contribution is -2.32. The van der Waals surface area contributed by atoms with Crippen LogP contribution in [0.4, 0.5) is 0 Å². The van der Waals surface area contributed by atoms with Crippen LogP contribution in [0.25, 0.3) is 0 Å². The molecule has 21 heavy (non-hydrogen) atoms. The third-order valence-corrected chi connectivity index (χ3v) is 4.11. The summed E-state index contributed by atoms with van der Waals surface area (Å²) in [5, 5.41) is 9.04. The zero-order valence-corrected chi connectivity index (χ0v) is 12.8. The van der Waals surface area contributed by atoms with Crippen LogP contribution in [0.3, 0.4) is 0 Å². The molecule has 2 rings (SSSR count). The highest BCUT2D eigenvalue weighted by Gasteiger charge is 2.28. The van der Waals surface area contributed by atoms with E-state index in [1.807, 2.05) is 11.0 Å². The molecule has 4 nitrogen and oxygen atoms in total. The maximum absolute atomic E-state index is 12.6. The molecule has 0 spiro atoms. The van der Waals surface area contributed by atoms with E-state index in [1.165, 1.54) is 0 Å². The summed E-state index contributed by atoms with van der Waals surface area (Å²) in [6, 6.07) is 5.14. The van der Waals surface area contributed by atoms with E-state index in [2.05, 4.69) is 13.8 Å². The normalized spacial score (nSPS) is 13.6. The number of carbonyl (C=O) groups excluding carboxylic acids is 1. The van der Waals surface area contributed by atoms with Crippen LogP contribution in [0.2, 0.25) is 0 Å². The fourth-order valence-corrected chi connectivity index (χ4v) is 3.03. The number of aromatic carboxylic acids is 1. The largest absolute Gasteiger partial charge is 0.478 e. The van der Waals surface area contributed by atoms with Crippen molar-refractivity contribution in [3.8, 4) is 0 Å². The first-order valence-electron chi connectivity index (χ1n) is 7.70. The molecule has 0 radical (unpaired) electrons. The molecule has 114 valence electrons. The molecule has 0 bridgehead atoms. The Labute approximate surface area is 125 Å². The molecule has 1 aliphatic rings. The van der Waals surface area contributed by atoms with Gasteiger partial charge in [-0.25, -0.2) is 4.79 Å². The van der Waals surface area contributed by atoms with Crippen molar-refractivity contribution in [1.82, 2.24) is 4.90 Å². The van der Waals surface area contributed by atoms with Crippen LogP contribution < -0.4 is 0 Å². The van der Waals surface area contributed by atoms with Crippen molar-refractivity contribution in [2.45, 2.75) is 52.6 Å². The smallest absolute Gasteiger partial charge is 0.335 e. The van der Waals surface area contributed by atoms with Crippen LogP contribution in [-0.2, 0) is 17.9 Å². The Hall–Kier alpha value is -1.84. The van der Waals surface area contributed by atoms with Crippen LogP contribution in [-0.4, -0.2) is 21.9 Å². The van der Waals surface area contributed by atoms with Crippen LogP contribution in [0.15, 0.2) is 18.2 Å². The number of carbonyl (C=O) groups is 2. The van der Waals surface area contributed by atoms with Gasteiger partial charge in [-0.3, -0.25) is 4.79 Å². The maximum atomic E-state index is 12.6. The minimum atomic E-state index is -0.919. The van der Waals surface area contributed by atoms with Crippen LogP contribution in [0.5, 0.6) is 0 Å². The van der Waals surface area contributed by atoms with Gasteiger partial charge in [0.2, 0.25) is 5.91 Å². The molecule has 4 heteroatoms. The first-order chi connectivity index (χ1) is 10.1. The zero-order chi connectivity index (χ0) is 15.4. The summed E-state index contributed by atoms with van der Waals surface area (Å²) in [6.45, 7) is 5.36. The molecule has 1 aromatic carbocycles. The Bertz CT molecular complexity index is 533. The Morgan fingerprint density at radius 2 is 1.76 bits per heavy atom. The molecule has 0 unspecified atom stereocenters. The average molecular weight is 289 g/mol. The average Bonchev–Trinajstić information content (AvgIpc) is 2.89. The van der Waals surface area contributed by atoms with Gasteiger partial charge in [0.05, 0.1) is 5.56 Å². The van der Waals surface area contributed by atoms with E-state index >= 15 is 0 Å². The predicted octanol–water partition coefficient (Wildman–Crippen LogP) is 3.44. The summed E-state index contributed by atoms with van der Waals surface area (Å²) in [4.78, 5) is 25.5. The molecule has 0 fully saturated rings. The summed E-state index contributed by atoms with van der Waals surface area (Å²) in [6.07, 6.45) is 3.89. The van der Waals surface area contributed by atoms with Gasteiger partial charge in [-0.05, 0) is 36.1 Å². The van der Waals surface area contributed by atoms with Crippen molar-refractivity contribution in [3.63, 3.8) is 0 Å². The molecule has 0 atom stereocenters. The van der Waals surface area contributed by atoms with Crippen LogP contribution in [0, 0.1) is 5.92 Å². The van der Waals surface area contributed by atoms with Gasteiger partial charge in [0.25, 0.3) is 0 Å². The van der Waals surface area contributed by atoms with Crippen molar-refractivity contribution in [2.75, 3.05) is 0 Å². The minimum Gasteiger partial charge on any atom is -0.478 e. The number of rotatable bonds is 6. The third kappa shape index (κ3) is 3.43. The van der Waals surface area contributed by atoms with Gasteiger partial charge < -0.3 is 10.0 Å². The fourth-order valence-electron chi connectivity index (χ4n) is 3.03. The Kier molecular flexibility index (Phi) is 4.99. The first-order valence-corrected chi connectivity index (χ1v) is 7.70. The standard InChI is InChI=1S/C17H23NO3/c1-3-5-12(6-4-2)16(19)18-10-14-8-7-13(17(20)21)9-15(14)11-18/h7-9,12H,3-6,10-11H2,1-2H3,(H,20,21). The number of carboxylic acids is 1. The summed E-state index contributed by atoms with van der Waals surface area (Å²) < 4.78 is 0. The second-order valence-corrected chi connectivity index (χ2v) is 5.76. The summed E-state index contributed by atoms with van der Waals surface area (Å²) in [5.74, 6) is -0.600. The number of amides is 1. The number of hydrogen-bond acceptors (Lipinski definition) is 2. The molecule has 1 aliphatic heterocycles. The maximum Gasteiger partial charge on any atom is 0.335 e. The fraction of sp³-hybridized carbons (Fsp3) is 0.529. The molecule has 1 N–H and O–H groups in total. The van der Waals surface area contributed by atoms with Gasteiger partial charge in [0.1, 0.15) is 0 Å². The van der Waals surface area contributed by atoms with Crippen molar-refractivity contribution < 1.29 is 14.7 Å². The van der Waals surface area contributed by atoms with E-state index in [4.69, 9.17) is 5.11 Å². The van der Waals surface area contributed by atoms with Crippen molar-refractivity contribution >= 4 is 11.9 Å². The molecule has 0 aliphatic carbocycles. The Morgan fingerprint density at radius 3 is 2.33 bits per heavy atom.